The summed E-state index contributed by atoms with van der Waals surface area (Å²) < 4.78 is 33.7. The average molecular weight is 413 g/mol. The van der Waals surface area contributed by atoms with Crippen LogP contribution in [-0.2, 0) is 14.6 Å². The molecule has 1 aromatic heterocycles. The molecule has 7 nitrogen and oxygen atoms in total. The lowest BCUT2D eigenvalue weighted by molar-refractivity contribution is -0.123. The lowest BCUT2D eigenvalue weighted by atomic mass is 10.1. The van der Waals surface area contributed by atoms with Gasteiger partial charge in [0.25, 0.3) is 5.91 Å². The molecule has 1 fully saturated rings. The number of carbonyl (C=O) groups excluding carboxylic acids is 1. The number of ether oxygens (including phenoxy) is 1. The molecular formula is C21H19NO6S. The minimum atomic E-state index is -3.05. The predicted molar refractivity (Wildman–Crippen MR) is 109 cm³/mol. The summed E-state index contributed by atoms with van der Waals surface area (Å²) in [5, 5.41) is 3.50. The van der Waals surface area contributed by atoms with Gasteiger partial charge in [-0.3, -0.25) is 4.79 Å². The van der Waals surface area contributed by atoms with Gasteiger partial charge in [0.1, 0.15) is 11.3 Å². The number of carbonyl (C=O) groups is 1. The van der Waals surface area contributed by atoms with Crippen LogP contribution < -0.4 is 15.7 Å². The molecule has 0 saturated carbocycles. The molecule has 2 heterocycles. The van der Waals surface area contributed by atoms with Crippen LogP contribution in [0.4, 0.5) is 0 Å². The van der Waals surface area contributed by atoms with E-state index >= 15 is 0 Å². The Morgan fingerprint density at radius 1 is 1.14 bits per heavy atom. The van der Waals surface area contributed by atoms with Crippen LogP contribution in [0.2, 0.25) is 0 Å². The van der Waals surface area contributed by atoms with Crippen LogP contribution in [0.15, 0.2) is 63.8 Å². The molecule has 150 valence electrons. The van der Waals surface area contributed by atoms with Gasteiger partial charge in [0.2, 0.25) is 0 Å². The summed E-state index contributed by atoms with van der Waals surface area (Å²) in [5.41, 5.74) is 1.22. The Hall–Kier alpha value is -3.13. The van der Waals surface area contributed by atoms with E-state index in [2.05, 4.69) is 5.32 Å². The monoisotopic (exact) mass is 413 g/mol. The molecule has 0 aliphatic carbocycles. The first kappa shape index (κ1) is 19.2. The third-order valence-electron chi connectivity index (χ3n) is 4.77. The molecule has 0 bridgehead atoms. The molecule has 1 atom stereocenters. The minimum Gasteiger partial charge on any atom is -0.484 e. The molecule has 4 rings (SSSR count). The van der Waals surface area contributed by atoms with Crippen LogP contribution in [-0.4, -0.2) is 38.5 Å². The number of rotatable bonds is 5. The van der Waals surface area contributed by atoms with Crippen LogP contribution >= 0.6 is 0 Å². The number of nitrogens with one attached hydrogen (secondary N) is 1. The quantitative estimate of drug-likeness (QED) is 0.643. The Labute approximate surface area is 167 Å². The largest absolute Gasteiger partial charge is 0.484 e. The number of para-hydroxylation sites is 1. The van der Waals surface area contributed by atoms with Crippen LogP contribution in [0, 0.1) is 0 Å². The third-order valence-corrected chi connectivity index (χ3v) is 6.54. The Kier molecular flexibility index (Phi) is 5.10. The van der Waals surface area contributed by atoms with E-state index in [0.717, 1.165) is 5.39 Å². The highest BCUT2D eigenvalue weighted by Crippen LogP contribution is 2.23. The summed E-state index contributed by atoms with van der Waals surface area (Å²) in [5.74, 6) is 0.171. The van der Waals surface area contributed by atoms with Crippen LogP contribution in [0.3, 0.4) is 0 Å². The van der Waals surface area contributed by atoms with Crippen molar-refractivity contribution < 1.29 is 22.4 Å². The van der Waals surface area contributed by atoms with Crippen molar-refractivity contribution in [1.29, 1.82) is 0 Å². The van der Waals surface area contributed by atoms with Gasteiger partial charge >= 0.3 is 5.63 Å². The number of fused-ring (bicyclic) bond motifs is 1. The topological polar surface area (TPSA) is 103 Å². The first-order valence-electron chi connectivity index (χ1n) is 9.15. The van der Waals surface area contributed by atoms with Crippen molar-refractivity contribution >= 4 is 26.7 Å². The summed E-state index contributed by atoms with van der Waals surface area (Å²) in [6, 6.07) is 15.5. The Morgan fingerprint density at radius 2 is 1.90 bits per heavy atom. The van der Waals surface area contributed by atoms with Gasteiger partial charge in [0, 0.05) is 11.4 Å². The second kappa shape index (κ2) is 7.71. The Morgan fingerprint density at radius 3 is 2.62 bits per heavy atom. The van der Waals surface area contributed by atoms with E-state index in [4.69, 9.17) is 9.15 Å². The van der Waals surface area contributed by atoms with E-state index in [1.165, 1.54) is 0 Å². The zero-order chi connectivity index (χ0) is 20.4. The van der Waals surface area contributed by atoms with Crippen molar-refractivity contribution in [2.75, 3.05) is 18.1 Å². The molecule has 8 heteroatoms. The summed E-state index contributed by atoms with van der Waals surface area (Å²) in [7, 11) is -3.05. The third kappa shape index (κ3) is 4.48. The zero-order valence-electron chi connectivity index (χ0n) is 15.5. The highest BCUT2D eigenvalue weighted by Gasteiger charge is 2.28. The van der Waals surface area contributed by atoms with E-state index in [9.17, 15) is 18.0 Å². The van der Waals surface area contributed by atoms with Crippen LogP contribution in [0.1, 0.15) is 6.42 Å². The normalized spacial score (nSPS) is 17.9. The van der Waals surface area contributed by atoms with Gasteiger partial charge < -0.3 is 14.5 Å². The average Bonchev–Trinajstić information content (AvgIpc) is 3.04. The van der Waals surface area contributed by atoms with Crippen molar-refractivity contribution in [3.8, 4) is 16.9 Å². The fraction of sp³-hybridized carbons (Fsp3) is 0.238. The molecule has 1 saturated heterocycles. The summed E-state index contributed by atoms with van der Waals surface area (Å²) in [4.78, 5) is 24.2. The van der Waals surface area contributed by atoms with Crippen molar-refractivity contribution in [3.05, 3.63) is 65.0 Å². The highest BCUT2D eigenvalue weighted by atomic mass is 32.2. The molecular weight excluding hydrogens is 394 g/mol. The Balaban J connectivity index is 1.40. The van der Waals surface area contributed by atoms with Crippen molar-refractivity contribution in [1.82, 2.24) is 5.32 Å². The second-order valence-corrected chi connectivity index (χ2v) is 9.19. The maximum absolute atomic E-state index is 12.3. The van der Waals surface area contributed by atoms with E-state index in [1.54, 1.807) is 42.5 Å². The van der Waals surface area contributed by atoms with Gasteiger partial charge in [0.05, 0.1) is 17.1 Å². The first-order valence-corrected chi connectivity index (χ1v) is 11.0. The van der Waals surface area contributed by atoms with E-state index in [0.29, 0.717) is 28.9 Å². The van der Waals surface area contributed by atoms with Crippen LogP contribution in [0.25, 0.3) is 22.1 Å². The van der Waals surface area contributed by atoms with E-state index in [1.807, 2.05) is 12.1 Å². The van der Waals surface area contributed by atoms with Gasteiger partial charge in [-0.2, -0.15) is 0 Å². The van der Waals surface area contributed by atoms with E-state index in [-0.39, 0.29) is 30.1 Å². The van der Waals surface area contributed by atoms with Crippen molar-refractivity contribution in [3.63, 3.8) is 0 Å². The fourth-order valence-corrected chi connectivity index (χ4v) is 4.99. The number of hydrogen-bond acceptors (Lipinski definition) is 6. The summed E-state index contributed by atoms with van der Waals surface area (Å²) in [6.07, 6.45) is 0.428. The highest BCUT2D eigenvalue weighted by molar-refractivity contribution is 7.91. The van der Waals surface area contributed by atoms with Crippen molar-refractivity contribution in [2.24, 2.45) is 0 Å². The van der Waals surface area contributed by atoms with Gasteiger partial charge in [-0.1, -0.05) is 30.3 Å². The van der Waals surface area contributed by atoms with Gasteiger partial charge in [-0.25, -0.2) is 13.2 Å². The van der Waals surface area contributed by atoms with Gasteiger partial charge in [-0.05, 0) is 36.2 Å². The molecule has 1 aliphatic rings. The lowest BCUT2D eigenvalue weighted by Gasteiger charge is -2.12. The summed E-state index contributed by atoms with van der Waals surface area (Å²) >= 11 is 0. The maximum atomic E-state index is 12.3. The minimum absolute atomic E-state index is 0.0260. The first-order chi connectivity index (χ1) is 13.9. The van der Waals surface area contributed by atoms with Gasteiger partial charge in [-0.15, -0.1) is 0 Å². The molecule has 0 spiro atoms. The number of hydrogen-bond donors (Lipinski definition) is 1. The van der Waals surface area contributed by atoms with Crippen LogP contribution in [0.5, 0.6) is 5.75 Å². The summed E-state index contributed by atoms with van der Waals surface area (Å²) in [6.45, 7) is -0.214. The number of benzene rings is 2. The lowest BCUT2D eigenvalue weighted by Crippen LogP contribution is -2.38. The number of amides is 1. The van der Waals surface area contributed by atoms with E-state index < -0.39 is 15.5 Å². The SMILES string of the molecule is O=C(COc1ccc(-c2cc3ccccc3oc2=O)cc1)N[C@H]1CCS(=O)(=O)C1. The van der Waals surface area contributed by atoms with Gasteiger partial charge in [0.15, 0.2) is 16.4 Å². The number of sulfone groups is 1. The molecule has 29 heavy (non-hydrogen) atoms. The second-order valence-electron chi connectivity index (χ2n) is 6.97. The molecule has 0 radical (unpaired) electrons. The molecule has 0 unspecified atom stereocenters. The zero-order valence-corrected chi connectivity index (χ0v) is 16.3. The molecule has 1 aliphatic heterocycles. The molecule has 2 aromatic carbocycles. The predicted octanol–water partition coefficient (Wildman–Crippen LogP) is 2.14. The molecule has 1 N–H and O–H groups in total. The fourth-order valence-electron chi connectivity index (χ4n) is 3.32. The van der Waals surface area contributed by atoms with Crippen molar-refractivity contribution in [2.45, 2.75) is 12.5 Å². The Bertz CT molecular complexity index is 1210. The standard InChI is InChI=1S/C21H19NO6S/c23-20(22-16-9-10-29(25,26)13-16)12-27-17-7-5-14(6-8-17)18-11-15-3-1-2-4-19(15)28-21(18)24/h1-8,11,16H,9-10,12-13H2,(H,22,23)/t16-/m0/s1. The molecule has 3 aromatic rings. The smallest absolute Gasteiger partial charge is 0.344 e. The maximum Gasteiger partial charge on any atom is 0.344 e. The molecule has 1 amide bonds.